The van der Waals surface area contributed by atoms with Gasteiger partial charge in [-0.2, -0.15) is 0 Å². The maximum absolute atomic E-state index is 10.2. The van der Waals surface area contributed by atoms with Crippen LogP contribution in [0.3, 0.4) is 0 Å². The molecule has 64 valence electrons. The first kappa shape index (κ1) is 15.4. The minimum absolute atomic E-state index is 0. The van der Waals surface area contributed by atoms with Crippen LogP contribution in [0.4, 0.5) is 0 Å². The van der Waals surface area contributed by atoms with E-state index in [1.54, 1.807) is 0 Å². The molecule has 0 rings (SSSR count). The van der Waals surface area contributed by atoms with Gasteiger partial charge in [-0.25, -0.2) is 0 Å². The first-order chi connectivity index (χ1) is 4.15. The molecule has 0 spiro atoms. The Kier molecular flexibility index (Phi) is 6.97. The summed E-state index contributed by atoms with van der Waals surface area (Å²) in [5, 5.41) is -1.90. The Balaban J connectivity index is -0.000000405. The van der Waals surface area contributed by atoms with Gasteiger partial charge >= 0.3 is 66.6 Å². The minimum atomic E-state index is -4.64. The fourth-order valence-electron chi connectivity index (χ4n) is 0.196. The topological polar surface area (TPSA) is 115 Å². The van der Waals surface area contributed by atoms with Crippen LogP contribution >= 0.6 is 15.2 Å². The van der Waals surface area contributed by atoms with Crippen molar-refractivity contribution in [1.82, 2.24) is 0 Å². The molecule has 0 fully saturated rings. The van der Waals surface area contributed by atoms with E-state index in [4.69, 9.17) is 19.6 Å². The third-order valence-corrected chi connectivity index (χ3v) is 4.73. The molecule has 0 aliphatic heterocycles. The van der Waals surface area contributed by atoms with Crippen LogP contribution in [0, 0.1) is 0 Å². The number of rotatable bonds is 2. The molecule has 11 heavy (non-hydrogen) atoms. The normalized spacial score (nSPS) is 12.9. The largest absolute Gasteiger partial charge is 1.00 e. The maximum atomic E-state index is 10.2. The molecule has 0 aliphatic rings. The van der Waals surface area contributed by atoms with Gasteiger partial charge in [0, 0.05) is 0 Å². The summed E-state index contributed by atoms with van der Waals surface area (Å²) in [4.78, 5) is 33.0. The van der Waals surface area contributed by atoms with Crippen LogP contribution in [0.1, 0.15) is 8.35 Å². The molecule has 0 bridgehead atoms. The molecule has 0 heterocycles. The van der Waals surface area contributed by atoms with Gasteiger partial charge in [-0.1, -0.05) is 0 Å². The van der Waals surface area contributed by atoms with E-state index in [2.05, 4.69) is 0 Å². The van der Waals surface area contributed by atoms with Crippen molar-refractivity contribution >= 4 is 15.2 Å². The predicted molar refractivity (Wildman–Crippen MR) is 34.7 cm³/mol. The smallest absolute Gasteiger partial charge is 1.00 e. The SMILES string of the molecule is CC(P(=O)(O)O)P(=O)(O)O.[H-].[K+]. The Hall–Kier alpha value is 1.94. The van der Waals surface area contributed by atoms with Crippen molar-refractivity contribution in [2.45, 2.75) is 12.3 Å². The molecule has 0 amide bonds. The summed E-state index contributed by atoms with van der Waals surface area (Å²) in [5.41, 5.74) is 0. The molecule has 0 atom stereocenters. The van der Waals surface area contributed by atoms with Crippen LogP contribution in [0.15, 0.2) is 0 Å². The summed E-state index contributed by atoms with van der Waals surface area (Å²) in [5.74, 6) is 0. The quantitative estimate of drug-likeness (QED) is 0.293. The van der Waals surface area contributed by atoms with E-state index in [0.29, 0.717) is 0 Å². The van der Waals surface area contributed by atoms with E-state index < -0.39 is 20.6 Å². The molecular formula is C2H9KO6P2. The summed E-state index contributed by atoms with van der Waals surface area (Å²) in [6, 6.07) is 0. The molecule has 6 nitrogen and oxygen atoms in total. The third-order valence-electron chi connectivity index (χ3n) is 0.974. The number of hydrogen-bond acceptors (Lipinski definition) is 2. The zero-order valence-electron chi connectivity index (χ0n) is 7.08. The molecule has 9 heteroatoms. The van der Waals surface area contributed by atoms with E-state index in [1.165, 1.54) is 0 Å². The standard InChI is InChI=1S/C2H8O6P2.K.H/c1-2(9(3,4)5)10(6,7)8;;/h2H,1H3,(H2,3,4,5)(H2,6,7,8);;/q;+1;-1. The van der Waals surface area contributed by atoms with E-state index >= 15 is 0 Å². The van der Waals surface area contributed by atoms with Gasteiger partial charge in [-0.15, -0.1) is 0 Å². The summed E-state index contributed by atoms with van der Waals surface area (Å²) < 4.78 is 20.4. The van der Waals surface area contributed by atoms with E-state index in [-0.39, 0.29) is 52.8 Å². The van der Waals surface area contributed by atoms with Crippen LogP contribution in [-0.2, 0) is 9.13 Å². The van der Waals surface area contributed by atoms with Crippen molar-refractivity contribution in [3.05, 3.63) is 0 Å². The van der Waals surface area contributed by atoms with Gasteiger partial charge in [-0.05, 0) is 6.92 Å². The first-order valence-corrected chi connectivity index (χ1v) is 5.62. The average Bonchev–Trinajstić information content (AvgIpc) is 1.59. The average molecular weight is 230 g/mol. The second kappa shape index (κ2) is 4.98. The number of hydrogen-bond donors (Lipinski definition) is 4. The minimum Gasteiger partial charge on any atom is -1.00 e. The Morgan fingerprint density at radius 3 is 1.27 bits per heavy atom. The molecule has 0 aromatic rings. The fourth-order valence-corrected chi connectivity index (χ4v) is 1.76. The summed E-state index contributed by atoms with van der Waals surface area (Å²) in [6.07, 6.45) is 0. The summed E-state index contributed by atoms with van der Waals surface area (Å²) in [7, 11) is -9.28. The Labute approximate surface area is 108 Å². The van der Waals surface area contributed by atoms with Gasteiger partial charge in [0.05, 0.1) is 0 Å². The van der Waals surface area contributed by atoms with Gasteiger partial charge < -0.3 is 21.0 Å². The summed E-state index contributed by atoms with van der Waals surface area (Å²) in [6.45, 7) is 0.807. The molecule has 4 N–H and O–H groups in total. The fraction of sp³-hybridized carbons (Fsp3) is 1.00. The van der Waals surface area contributed by atoms with Crippen molar-refractivity contribution in [2.24, 2.45) is 0 Å². The van der Waals surface area contributed by atoms with Crippen molar-refractivity contribution in [3.8, 4) is 0 Å². The van der Waals surface area contributed by atoms with E-state index in [9.17, 15) is 9.13 Å². The van der Waals surface area contributed by atoms with Gasteiger partial charge in [0.25, 0.3) is 0 Å². The molecule has 0 unspecified atom stereocenters. The van der Waals surface area contributed by atoms with Gasteiger partial charge in [0.15, 0.2) is 5.40 Å². The zero-order valence-corrected chi connectivity index (χ0v) is 11.0. The maximum Gasteiger partial charge on any atom is 1.00 e. The third kappa shape index (κ3) is 6.07. The van der Waals surface area contributed by atoms with Gasteiger partial charge in [0.1, 0.15) is 0 Å². The van der Waals surface area contributed by atoms with Gasteiger partial charge in [-0.3, -0.25) is 9.13 Å². The monoisotopic (exact) mass is 230 g/mol. The van der Waals surface area contributed by atoms with Gasteiger partial charge in [0.2, 0.25) is 0 Å². The van der Waals surface area contributed by atoms with Crippen LogP contribution in [-0.4, -0.2) is 25.0 Å². The Bertz CT molecular complexity index is 186. The molecule has 0 saturated heterocycles. The molecule has 0 aliphatic carbocycles. The molecule has 0 saturated carbocycles. The Morgan fingerprint density at radius 2 is 1.27 bits per heavy atom. The van der Waals surface area contributed by atoms with Crippen LogP contribution in [0.25, 0.3) is 0 Å². The molecule has 0 aromatic heterocycles. The zero-order chi connectivity index (χ0) is 8.58. The predicted octanol–water partition coefficient (Wildman–Crippen LogP) is -3.20. The molecule has 0 radical (unpaired) electrons. The van der Waals surface area contributed by atoms with Crippen LogP contribution in [0.2, 0.25) is 0 Å². The van der Waals surface area contributed by atoms with Crippen molar-refractivity contribution in [1.29, 1.82) is 0 Å². The van der Waals surface area contributed by atoms with Crippen molar-refractivity contribution < 1.29 is 81.5 Å². The van der Waals surface area contributed by atoms with Crippen molar-refractivity contribution in [3.63, 3.8) is 0 Å². The molecular weight excluding hydrogens is 221 g/mol. The Morgan fingerprint density at radius 1 is 1.09 bits per heavy atom. The van der Waals surface area contributed by atoms with Crippen LogP contribution < -0.4 is 51.4 Å². The second-order valence-corrected chi connectivity index (χ2v) is 6.12. The van der Waals surface area contributed by atoms with E-state index in [0.717, 1.165) is 6.92 Å². The molecule has 0 aromatic carbocycles. The summed E-state index contributed by atoms with van der Waals surface area (Å²) >= 11 is 0. The van der Waals surface area contributed by atoms with Crippen molar-refractivity contribution in [2.75, 3.05) is 0 Å². The first-order valence-electron chi connectivity index (χ1n) is 2.26. The second-order valence-electron chi connectivity index (χ2n) is 1.81. The van der Waals surface area contributed by atoms with E-state index in [1.807, 2.05) is 0 Å². The van der Waals surface area contributed by atoms with Crippen LogP contribution in [0.5, 0.6) is 0 Å².